The molecule has 5 heteroatoms. The maximum absolute atomic E-state index is 13.7. The Balaban J connectivity index is 1.54. The SMILES string of the molecule is O=C1c2ccccc2C(=O)C1(c1ccccc1)N1CCN(c2ccccc2Cl)CC1. The van der Waals surface area contributed by atoms with Gasteiger partial charge in [0.15, 0.2) is 17.1 Å². The van der Waals surface area contributed by atoms with Crippen molar-refractivity contribution in [2.24, 2.45) is 0 Å². The van der Waals surface area contributed by atoms with Crippen molar-refractivity contribution in [2.75, 3.05) is 31.1 Å². The largest absolute Gasteiger partial charge is 0.368 e. The molecule has 0 amide bonds. The zero-order chi connectivity index (χ0) is 20.7. The van der Waals surface area contributed by atoms with E-state index in [1.54, 1.807) is 12.1 Å². The Morgan fingerprint density at radius 3 is 1.80 bits per heavy atom. The Hall–Kier alpha value is -2.95. The minimum Gasteiger partial charge on any atom is -0.368 e. The fourth-order valence-corrected chi connectivity index (χ4v) is 5.03. The van der Waals surface area contributed by atoms with Gasteiger partial charge in [0.2, 0.25) is 0 Å². The Labute approximate surface area is 180 Å². The second-order valence-electron chi connectivity index (χ2n) is 7.71. The van der Waals surface area contributed by atoms with Crippen molar-refractivity contribution in [3.05, 3.63) is 101 Å². The molecule has 5 rings (SSSR count). The second-order valence-corrected chi connectivity index (χ2v) is 8.11. The summed E-state index contributed by atoms with van der Waals surface area (Å²) in [6.45, 7) is 2.56. The number of anilines is 1. The Morgan fingerprint density at radius 1 is 0.667 bits per heavy atom. The van der Waals surface area contributed by atoms with Gasteiger partial charge in [-0.2, -0.15) is 0 Å². The highest BCUT2D eigenvalue weighted by molar-refractivity contribution is 6.33. The molecule has 0 radical (unpaired) electrons. The molecule has 4 nitrogen and oxygen atoms in total. The number of benzene rings is 3. The summed E-state index contributed by atoms with van der Waals surface area (Å²) in [6, 6.07) is 24.4. The third-order valence-corrected chi connectivity index (χ3v) is 6.53. The van der Waals surface area contributed by atoms with Gasteiger partial charge in [0, 0.05) is 37.3 Å². The summed E-state index contributed by atoms with van der Waals surface area (Å²) in [7, 11) is 0. The summed E-state index contributed by atoms with van der Waals surface area (Å²) in [5, 5.41) is 0.712. The first-order valence-electron chi connectivity index (χ1n) is 10.1. The number of hydrogen-bond acceptors (Lipinski definition) is 4. The second kappa shape index (κ2) is 7.38. The number of carbonyl (C=O) groups is 2. The Bertz CT molecular complexity index is 1090. The minimum absolute atomic E-state index is 0.125. The molecule has 150 valence electrons. The van der Waals surface area contributed by atoms with E-state index in [2.05, 4.69) is 9.80 Å². The van der Waals surface area contributed by atoms with Gasteiger partial charge < -0.3 is 4.90 Å². The number of nitrogens with zero attached hydrogens (tertiary/aromatic N) is 2. The number of Topliss-reactive ketones (excluding diaryl/α,β-unsaturated/α-hetero) is 2. The summed E-state index contributed by atoms with van der Waals surface area (Å²) in [6.07, 6.45) is 0. The van der Waals surface area contributed by atoms with Gasteiger partial charge in [0.05, 0.1) is 10.7 Å². The highest BCUT2D eigenvalue weighted by atomic mass is 35.5. The first-order valence-corrected chi connectivity index (χ1v) is 10.5. The molecule has 3 aromatic rings. The fraction of sp³-hybridized carbons (Fsp3) is 0.200. The van der Waals surface area contributed by atoms with E-state index >= 15 is 0 Å². The van der Waals surface area contributed by atoms with Crippen LogP contribution in [0.5, 0.6) is 0 Å². The Morgan fingerprint density at radius 2 is 1.20 bits per heavy atom. The van der Waals surface area contributed by atoms with Crippen molar-refractivity contribution >= 4 is 28.9 Å². The average Bonchev–Trinajstić information content (AvgIpc) is 3.03. The fourth-order valence-electron chi connectivity index (χ4n) is 4.77. The van der Waals surface area contributed by atoms with Crippen molar-refractivity contribution in [3.8, 4) is 0 Å². The van der Waals surface area contributed by atoms with E-state index in [1.165, 1.54) is 0 Å². The van der Waals surface area contributed by atoms with Gasteiger partial charge in [-0.25, -0.2) is 0 Å². The lowest BCUT2D eigenvalue weighted by Gasteiger charge is -2.44. The van der Waals surface area contributed by atoms with Crippen LogP contribution in [-0.4, -0.2) is 42.6 Å². The third kappa shape index (κ3) is 2.72. The van der Waals surface area contributed by atoms with Crippen molar-refractivity contribution < 1.29 is 9.59 Å². The van der Waals surface area contributed by atoms with Crippen LogP contribution in [0.25, 0.3) is 0 Å². The normalized spacial score (nSPS) is 18.5. The maximum atomic E-state index is 13.7. The molecule has 1 aliphatic carbocycles. The zero-order valence-electron chi connectivity index (χ0n) is 16.4. The van der Waals surface area contributed by atoms with E-state index in [9.17, 15) is 9.59 Å². The number of halogens is 1. The number of hydrogen-bond donors (Lipinski definition) is 0. The lowest BCUT2D eigenvalue weighted by molar-refractivity contribution is 0.0461. The molecule has 2 aliphatic rings. The molecule has 30 heavy (non-hydrogen) atoms. The molecule has 1 heterocycles. The average molecular weight is 417 g/mol. The molecule has 1 aliphatic heterocycles. The molecule has 0 aromatic heterocycles. The van der Waals surface area contributed by atoms with E-state index < -0.39 is 5.54 Å². The van der Waals surface area contributed by atoms with Gasteiger partial charge >= 0.3 is 0 Å². The van der Waals surface area contributed by atoms with E-state index in [4.69, 9.17) is 11.6 Å². The van der Waals surface area contributed by atoms with E-state index in [-0.39, 0.29) is 11.6 Å². The summed E-state index contributed by atoms with van der Waals surface area (Å²) >= 11 is 6.39. The molecule has 0 spiro atoms. The number of rotatable bonds is 3. The number of para-hydroxylation sites is 1. The molecule has 0 atom stereocenters. The van der Waals surface area contributed by atoms with E-state index in [1.807, 2.05) is 66.7 Å². The quantitative estimate of drug-likeness (QED) is 0.592. The third-order valence-electron chi connectivity index (χ3n) is 6.21. The molecule has 1 fully saturated rings. The van der Waals surface area contributed by atoms with Crippen LogP contribution in [-0.2, 0) is 5.54 Å². The molecule has 0 bridgehead atoms. The summed E-state index contributed by atoms with van der Waals surface area (Å²) in [5.74, 6) is -0.249. The first kappa shape index (κ1) is 19.0. The minimum atomic E-state index is -1.29. The lowest BCUT2D eigenvalue weighted by Crippen LogP contribution is -2.60. The smallest absolute Gasteiger partial charge is 0.196 e. The first-order chi connectivity index (χ1) is 14.6. The van der Waals surface area contributed by atoms with Gasteiger partial charge in [0.1, 0.15) is 0 Å². The van der Waals surface area contributed by atoms with Gasteiger partial charge in [0.25, 0.3) is 0 Å². The number of carbonyl (C=O) groups excluding carboxylic acids is 2. The van der Waals surface area contributed by atoms with Crippen molar-refractivity contribution in [1.82, 2.24) is 4.90 Å². The molecular weight excluding hydrogens is 396 g/mol. The highest BCUT2D eigenvalue weighted by Crippen LogP contribution is 2.43. The lowest BCUT2D eigenvalue weighted by atomic mass is 9.82. The predicted octanol–water partition coefficient (Wildman–Crippen LogP) is 4.44. The monoisotopic (exact) mass is 416 g/mol. The number of ketones is 2. The van der Waals surface area contributed by atoms with Gasteiger partial charge in [-0.1, -0.05) is 78.3 Å². The van der Waals surface area contributed by atoms with Crippen LogP contribution in [0.15, 0.2) is 78.9 Å². The molecule has 3 aromatic carbocycles. The van der Waals surface area contributed by atoms with Crippen LogP contribution in [0.4, 0.5) is 5.69 Å². The summed E-state index contributed by atoms with van der Waals surface area (Å²) in [5.41, 5.74) is 1.46. The van der Waals surface area contributed by atoms with Crippen LogP contribution in [0, 0.1) is 0 Å². The van der Waals surface area contributed by atoms with Gasteiger partial charge in [-0.15, -0.1) is 0 Å². The van der Waals surface area contributed by atoms with Crippen molar-refractivity contribution in [2.45, 2.75) is 5.54 Å². The number of fused-ring (bicyclic) bond motifs is 1. The van der Waals surface area contributed by atoms with Crippen LogP contribution in [0.1, 0.15) is 26.3 Å². The van der Waals surface area contributed by atoms with E-state index in [0.29, 0.717) is 42.3 Å². The van der Waals surface area contributed by atoms with Crippen LogP contribution >= 0.6 is 11.6 Å². The van der Waals surface area contributed by atoms with Crippen molar-refractivity contribution in [1.29, 1.82) is 0 Å². The zero-order valence-corrected chi connectivity index (χ0v) is 17.2. The topological polar surface area (TPSA) is 40.6 Å². The van der Waals surface area contributed by atoms with Crippen LogP contribution in [0.3, 0.4) is 0 Å². The molecule has 0 N–H and O–H groups in total. The van der Waals surface area contributed by atoms with Gasteiger partial charge in [-0.3, -0.25) is 14.5 Å². The molecule has 0 unspecified atom stereocenters. The van der Waals surface area contributed by atoms with Gasteiger partial charge in [-0.05, 0) is 17.7 Å². The van der Waals surface area contributed by atoms with E-state index in [0.717, 1.165) is 11.3 Å². The van der Waals surface area contributed by atoms with Crippen molar-refractivity contribution in [3.63, 3.8) is 0 Å². The predicted molar refractivity (Wildman–Crippen MR) is 118 cm³/mol. The summed E-state index contributed by atoms with van der Waals surface area (Å²) < 4.78 is 0. The highest BCUT2D eigenvalue weighted by Gasteiger charge is 2.58. The number of piperazine rings is 1. The maximum Gasteiger partial charge on any atom is 0.196 e. The molecule has 0 saturated carbocycles. The van der Waals surface area contributed by atoms with Crippen LogP contribution < -0.4 is 4.90 Å². The molecule has 1 saturated heterocycles. The summed E-state index contributed by atoms with van der Waals surface area (Å²) in [4.78, 5) is 31.7. The molecular formula is C25H21ClN2O2. The van der Waals surface area contributed by atoms with Crippen LogP contribution in [0.2, 0.25) is 5.02 Å². The standard InChI is InChI=1S/C25H21ClN2O2/c26-21-12-6-7-13-22(21)27-14-16-28(17-15-27)25(18-8-2-1-3-9-18)23(29)19-10-4-5-11-20(19)24(25)30/h1-13H,14-17H2. The Kier molecular flexibility index (Phi) is 4.69.